The Bertz CT molecular complexity index is 776. The molecule has 26 heavy (non-hydrogen) atoms. The zero-order valence-electron chi connectivity index (χ0n) is 14.9. The molecule has 1 N–H and O–H groups in total. The van der Waals surface area contributed by atoms with Crippen LogP contribution in [0.25, 0.3) is 0 Å². The molecule has 138 valence electrons. The van der Waals surface area contributed by atoms with Gasteiger partial charge in [-0.05, 0) is 50.6 Å². The van der Waals surface area contributed by atoms with Crippen molar-refractivity contribution in [3.63, 3.8) is 0 Å². The summed E-state index contributed by atoms with van der Waals surface area (Å²) in [5, 5.41) is 3.01. The zero-order chi connectivity index (χ0) is 17.9. The van der Waals surface area contributed by atoms with Gasteiger partial charge >= 0.3 is 0 Å². The summed E-state index contributed by atoms with van der Waals surface area (Å²) in [5.74, 6) is 1.56. The van der Waals surface area contributed by atoms with Crippen molar-refractivity contribution in [2.24, 2.45) is 0 Å². The molecule has 1 aromatic carbocycles. The number of nitrogens with one attached hydrogen (secondary N) is 1. The molecule has 2 aromatic rings. The first kappa shape index (κ1) is 17.4. The van der Waals surface area contributed by atoms with Crippen LogP contribution in [0.2, 0.25) is 0 Å². The van der Waals surface area contributed by atoms with Crippen LogP contribution in [0.5, 0.6) is 11.5 Å². The van der Waals surface area contributed by atoms with E-state index in [0.29, 0.717) is 25.7 Å². The molecule has 1 fully saturated rings. The van der Waals surface area contributed by atoms with Gasteiger partial charge in [-0.2, -0.15) is 0 Å². The summed E-state index contributed by atoms with van der Waals surface area (Å²) < 4.78 is 11.6. The van der Waals surface area contributed by atoms with E-state index in [1.807, 2.05) is 35.6 Å². The first-order chi connectivity index (χ1) is 12.7. The lowest BCUT2D eigenvalue weighted by atomic mass is 10.2. The minimum absolute atomic E-state index is 0.0487. The second-order valence-electron chi connectivity index (χ2n) is 6.88. The number of nitrogens with zero attached hydrogens (tertiary/aromatic N) is 1. The fourth-order valence-corrected chi connectivity index (χ4v) is 4.65. The van der Waals surface area contributed by atoms with Crippen LogP contribution in [0, 0.1) is 6.92 Å². The molecule has 0 spiro atoms. The van der Waals surface area contributed by atoms with Crippen molar-refractivity contribution in [1.82, 2.24) is 10.2 Å². The topological polar surface area (TPSA) is 50.8 Å². The number of hydrogen-bond donors (Lipinski definition) is 1. The summed E-state index contributed by atoms with van der Waals surface area (Å²) in [5.41, 5.74) is 0. The summed E-state index contributed by atoms with van der Waals surface area (Å²) in [4.78, 5) is 17.4. The van der Waals surface area contributed by atoms with Crippen LogP contribution in [0.15, 0.2) is 36.4 Å². The average molecular weight is 372 g/mol. The Balaban J connectivity index is 1.28. The molecule has 0 bridgehead atoms. The average Bonchev–Trinajstić information content (AvgIpc) is 3.28. The first-order valence-corrected chi connectivity index (χ1v) is 9.96. The molecule has 1 saturated heterocycles. The van der Waals surface area contributed by atoms with E-state index < -0.39 is 0 Å². The number of likely N-dealkylation sites (tertiary alicyclic amines) is 1. The van der Waals surface area contributed by atoms with Crippen molar-refractivity contribution in [2.75, 3.05) is 26.2 Å². The molecular formula is C20H24N2O3S. The zero-order valence-corrected chi connectivity index (χ0v) is 15.8. The summed E-state index contributed by atoms with van der Waals surface area (Å²) in [6.07, 6.45) is 2.12. The lowest BCUT2D eigenvalue weighted by molar-refractivity contribution is -0.123. The fraction of sp³-hybridized carbons (Fsp3) is 0.450. The van der Waals surface area contributed by atoms with Crippen LogP contribution >= 0.6 is 11.3 Å². The van der Waals surface area contributed by atoms with Crippen molar-refractivity contribution in [2.45, 2.75) is 31.9 Å². The number of carbonyl (C=O) groups is 1. The van der Waals surface area contributed by atoms with E-state index in [4.69, 9.17) is 9.47 Å². The maximum Gasteiger partial charge on any atom is 0.234 e. The normalized spacial score (nSPS) is 22.3. The molecule has 2 unspecified atom stereocenters. The molecule has 1 amide bonds. The van der Waals surface area contributed by atoms with Crippen LogP contribution in [-0.2, 0) is 4.79 Å². The van der Waals surface area contributed by atoms with E-state index in [1.165, 1.54) is 9.75 Å². The number of para-hydroxylation sites is 2. The number of aryl methyl sites for hydroxylation is 1. The number of ether oxygens (including phenoxy) is 2. The van der Waals surface area contributed by atoms with Crippen LogP contribution < -0.4 is 14.8 Å². The van der Waals surface area contributed by atoms with Crippen molar-refractivity contribution in [3.8, 4) is 11.5 Å². The third kappa shape index (κ3) is 3.86. The van der Waals surface area contributed by atoms with E-state index in [1.54, 1.807) is 0 Å². The number of fused-ring (bicyclic) bond motifs is 1. The Hall–Kier alpha value is -2.05. The smallest absolute Gasteiger partial charge is 0.234 e. The standard InChI is InChI=1S/C20H24N2O3S/c1-14-8-9-19(26-14)16-5-4-10-22(16)12-20(23)21-11-15-13-24-17-6-2-3-7-18(17)25-15/h2-3,6-9,15-16H,4-5,10-13H2,1H3,(H,21,23). The number of rotatable bonds is 5. The summed E-state index contributed by atoms with van der Waals surface area (Å²) in [7, 11) is 0. The predicted molar refractivity (Wildman–Crippen MR) is 102 cm³/mol. The highest BCUT2D eigenvalue weighted by atomic mass is 32.1. The second-order valence-corrected chi connectivity index (χ2v) is 8.20. The van der Waals surface area contributed by atoms with E-state index in [2.05, 4.69) is 29.3 Å². The lowest BCUT2D eigenvalue weighted by Crippen LogP contribution is -2.44. The Morgan fingerprint density at radius 1 is 1.27 bits per heavy atom. The molecule has 0 aliphatic carbocycles. The van der Waals surface area contributed by atoms with Gasteiger partial charge < -0.3 is 14.8 Å². The molecule has 2 aliphatic rings. The second kappa shape index (κ2) is 7.68. The Morgan fingerprint density at radius 3 is 2.92 bits per heavy atom. The molecule has 4 rings (SSSR count). The van der Waals surface area contributed by atoms with Gasteiger partial charge in [0.05, 0.1) is 13.1 Å². The maximum atomic E-state index is 12.4. The number of thiophene rings is 1. The van der Waals surface area contributed by atoms with Gasteiger partial charge in [-0.15, -0.1) is 11.3 Å². The van der Waals surface area contributed by atoms with Crippen LogP contribution in [0.4, 0.5) is 0 Å². The van der Waals surface area contributed by atoms with Gasteiger partial charge in [-0.25, -0.2) is 0 Å². The predicted octanol–water partition coefficient (Wildman–Crippen LogP) is 3.15. The van der Waals surface area contributed by atoms with E-state index in [0.717, 1.165) is 30.9 Å². The molecular weight excluding hydrogens is 348 g/mol. The number of benzene rings is 1. The van der Waals surface area contributed by atoms with Gasteiger partial charge in [0.15, 0.2) is 11.5 Å². The quantitative estimate of drug-likeness (QED) is 0.876. The molecule has 2 aliphatic heterocycles. The van der Waals surface area contributed by atoms with Gasteiger partial charge in [0.1, 0.15) is 12.7 Å². The molecule has 0 saturated carbocycles. The van der Waals surface area contributed by atoms with Gasteiger partial charge in [0.2, 0.25) is 5.91 Å². The first-order valence-electron chi connectivity index (χ1n) is 9.14. The monoisotopic (exact) mass is 372 g/mol. The molecule has 6 heteroatoms. The van der Waals surface area contributed by atoms with Crippen molar-refractivity contribution < 1.29 is 14.3 Å². The van der Waals surface area contributed by atoms with Gasteiger partial charge in [0, 0.05) is 15.8 Å². The molecule has 2 atom stereocenters. The van der Waals surface area contributed by atoms with Crippen molar-refractivity contribution >= 4 is 17.2 Å². The Morgan fingerprint density at radius 2 is 2.12 bits per heavy atom. The number of hydrogen-bond acceptors (Lipinski definition) is 5. The third-order valence-corrected chi connectivity index (χ3v) is 6.00. The maximum absolute atomic E-state index is 12.4. The summed E-state index contributed by atoms with van der Waals surface area (Å²) in [6, 6.07) is 12.4. The largest absolute Gasteiger partial charge is 0.486 e. The molecule has 3 heterocycles. The van der Waals surface area contributed by atoms with Gasteiger partial charge in [-0.3, -0.25) is 9.69 Å². The van der Waals surface area contributed by atoms with E-state index >= 15 is 0 Å². The molecule has 1 aromatic heterocycles. The SMILES string of the molecule is Cc1ccc(C2CCCN2CC(=O)NCC2COc3ccccc3O2)s1. The highest BCUT2D eigenvalue weighted by molar-refractivity contribution is 7.12. The Labute approximate surface area is 157 Å². The Kier molecular flexibility index (Phi) is 5.13. The van der Waals surface area contributed by atoms with Gasteiger partial charge in [0.25, 0.3) is 0 Å². The number of carbonyl (C=O) groups excluding carboxylic acids is 1. The van der Waals surface area contributed by atoms with Crippen molar-refractivity contribution in [1.29, 1.82) is 0 Å². The molecule has 5 nitrogen and oxygen atoms in total. The fourth-order valence-electron chi connectivity index (χ4n) is 3.60. The van der Waals surface area contributed by atoms with Crippen LogP contribution in [-0.4, -0.2) is 43.2 Å². The summed E-state index contributed by atoms with van der Waals surface area (Å²) >= 11 is 1.84. The molecule has 0 radical (unpaired) electrons. The van der Waals surface area contributed by atoms with Crippen LogP contribution in [0.3, 0.4) is 0 Å². The highest BCUT2D eigenvalue weighted by Crippen LogP contribution is 2.35. The number of amides is 1. The van der Waals surface area contributed by atoms with Crippen LogP contribution in [0.1, 0.15) is 28.6 Å². The minimum atomic E-state index is -0.150. The third-order valence-electron chi connectivity index (χ3n) is 4.89. The van der Waals surface area contributed by atoms with Gasteiger partial charge in [-0.1, -0.05) is 12.1 Å². The summed E-state index contributed by atoms with van der Waals surface area (Å²) in [6.45, 7) is 4.46. The van der Waals surface area contributed by atoms with E-state index in [9.17, 15) is 4.79 Å². The minimum Gasteiger partial charge on any atom is -0.486 e. The lowest BCUT2D eigenvalue weighted by Gasteiger charge is -2.27. The van der Waals surface area contributed by atoms with E-state index in [-0.39, 0.29) is 12.0 Å². The van der Waals surface area contributed by atoms with Crippen molar-refractivity contribution in [3.05, 3.63) is 46.2 Å². The highest BCUT2D eigenvalue weighted by Gasteiger charge is 2.29.